The van der Waals surface area contributed by atoms with Gasteiger partial charge in [0.1, 0.15) is 0 Å². The van der Waals surface area contributed by atoms with Gasteiger partial charge in [-0.1, -0.05) is 78.9 Å². The summed E-state index contributed by atoms with van der Waals surface area (Å²) in [5, 5.41) is 0. The molecular weight excluding hydrogens is 254 g/mol. The van der Waals surface area contributed by atoms with Gasteiger partial charge in [0.15, 0.2) is 0 Å². The predicted octanol–water partition coefficient (Wildman–Crippen LogP) is 4.69. The first-order chi connectivity index (χ1) is 10.4. The molecule has 0 saturated carbocycles. The molecule has 0 radical (unpaired) electrons. The maximum atomic E-state index is 4.91. The van der Waals surface area contributed by atoms with E-state index < -0.39 is 0 Å². The van der Waals surface area contributed by atoms with Crippen molar-refractivity contribution in [3.05, 3.63) is 95.6 Å². The van der Waals surface area contributed by atoms with E-state index in [0.29, 0.717) is 11.8 Å². The van der Waals surface area contributed by atoms with Crippen LogP contribution in [0.2, 0.25) is 0 Å². The molecule has 0 saturated heterocycles. The number of aliphatic imine (C=N–C) groups is 1. The van der Waals surface area contributed by atoms with Gasteiger partial charge in [-0.05, 0) is 16.7 Å². The molecule has 1 nitrogen and oxygen atoms in total. The normalized spacial score (nSPS) is 26.0. The van der Waals surface area contributed by atoms with Gasteiger partial charge in [-0.25, -0.2) is 0 Å². The molecule has 2 aromatic rings. The zero-order valence-corrected chi connectivity index (χ0v) is 11.8. The number of hydrogen-bond acceptors (Lipinski definition) is 1. The Labute approximate surface area is 125 Å². The van der Waals surface area contributed by atoms with E-state index in [-0.39, 0.29) is 6.04 Å². The van der Waals surface area contributed by atoms with Gasteiger partial charge in [-0.15, -0.1) is 0 Å². The van der Waals surface area contributed by atoms with Crippen molar-refractivity contribution >= 4 is 6.21 Å². The summed E-state index contributed by atoms with van der Waals surface area (Å²) in [7, 11) is 0. The van der Waals surface area contributed by atoms with Crippen LogP contribution in [0.15, 0.2) is 83.9 Å². The van der Waals surface area contributed by atoms with Crippen LogP contribution in [0.25, 0.3) is 0 Å². The molecule has 1 heteroatoms. The van der Waals surface area contributed by atoms with Gasteiger partial charge in [0.2, 0.25) is 0 Å². The van der Waals surface area contributed by atoms with Crippen molar-refractivity contribution in [2.45, 2.75) is 12.0 Å². The fourth-order valence-electron chi connectivity index (χ4n) is 3.41. The summed E-state index contributed by atoms with van der Waals surface area (Å²) in [5.74, 6) is 0.927. The maximum Gasteiger partial charge on any atom is 0.0823 e. The highest BCUT2D eigenvalue weighted by molar-refractivity contribution is 5.79. The number of rotatable bonds is 2. The van der Waals surface area contributed by atoms with Gasteiger partial charge < -0.3 is 0 Å². The van der Waals surface area contributed by atoms with E-state index in [1.807, 2.05) is 12.3 Å². The van der Waals surface area contributed by atoms with E-state index in [2.05, 4.69) is 72.8 Å². The summed E-state index contributed by atoms with van der Waals surface area (Å²) in [5.41, 5.74) is 3.96. The molecule has 2 aliphatic rings. The maximum absolute atomic E-state index is 4.91. The van der Waals surface area contributed by atoms with Crippen LogP contribution < -0.4 is 0 Å². The van der Waals surface area contributed by atoms with Crippen LogP contribution in [0.1, 0.15) is 28.7 Å². The number of allylic oxidation sites excluding steroid dienone is 3. The molecule has 3 atom stereocenters. The average molecular weight is 271 g/mol. The van der Waals surface area contributed by atoms with Crippen molar-refractivity contribution in [3.8, 4) is 0 Å². The highest BCUT2D eigenvalue weighted by Crippen LogP contribution is 2.49. The number of nitrogens with zero attached hydrogens (tertiary/aromatic N) is 1. The van der Waals surface area contributed by atoms with Crippen molar-refractivity contribution in [1.29, 1.82) is 0 Å². The van der Waals surface area contributed by atoms with Gasteiger partial charge in [-0.2, -0.15) is 0 Å². The molecule has 0 N–H and O–H groups in total. The second-order valence-corrected chi connectivity index (χ2v) is 5.64. The molecule has 0 amide bonds. The molecule has 0 bridgehead atoms. The molecule has 21 heavy (non-hydrogen) atoms. The Morgan fingerprint density at radius 3 is 2.33 bits per heavy atom. The third-order valence-corrected chi connectivity index (χ3v) is 4.40. The highest BCUT2D eigenvalue weighted by atomic mass is 14.8. The van der Waals surface area contributed by atoms with E-state index in [1.54, 1.807) is 0 Å². The summed E-state index contributed by atoms with van der Waals surface area (Å²) in [4.78, 5) is 4.91. The summed E-state index contributed by atoms with van der Waals surface area (Å²) in [6.07, 6.45) is 10.9. The molecule has 0 aliphatic heterocycles. The minimum Gasteiger partial charge on any atom is -0.284 e. The zero-order chi connectivity index (χ0) is 14.1. The Hall–Kier alpha value is -2.41. The topological polar surface area (TPSA) is 12.4 Å². The Kier molecular flexibility index (Phi) is 3.04. The number of fused-ring (bicyclic) bond motifs is 3. The minimum atomic E-state index is 0.229. The third kappa shape index (κ3) is 2.15. The van der Waals surface area contributed by atoms with Crippen LogP contribution in [0.3, 0.4) is 0 Å². The summed E-state index contributed by atoms with van der Waals surface area (Å²) >= 11 is 0. The quantitative estimate of drug-likeness (QED) is 0.703. The van der Waals surface area contributed by atoms with Gasteiger partial charge >= 0.3 is 0 Å². The van der Waals surface area contributed by atoms with E-state index in [4.69, 9.17) is 4.99 Å². The van der Waals surface area contributed by atoms with Crippen molar-refractivity contribution in [3.63, 3.8) is 0 Å². The van der Waals surface area contributed by atoms with Gasteiger partial charge in [-0.3, -0.25) is 4.99 Å². The fourth-order valence-corrected chi connectivity index (χ4v) is 3.41. The smallest absolute Gasteiger partial charge is 0.0823 e. The first-order valence-corrected chi connectivity index (χ1v) is 7.45. The summed E-state index contributed by atoms with van der Waals surface area (Å²) in [6, 6.07) is 19.3. The lowest BCUT2D eigenvalue weighted by Crippen LogP contribution is -2.09. The van der Waals surface area contributed by atoms with E-state index in [0.717, 1.165) is 5.56 Å². The molecule has 4 rings (SSSR count). The van der Waals surface area contributed by atoms with Crippen LogP contribution in [0, 0.1) is 5.92 Å². The largest absolute Gasteiger partial charge is 0.284 e. The molecule has 0 spiro atoms. The Morgan fingerprint density at radius 2 is 1.48 bits per heavy atom. The van der Waals surface area contributed by atoms with Crippen LogP contribution >= 0.6 is 0 Å². The van der Waals surface area contributed by atoms with Crippen molar-refractivity contribution < 1.29 is 0 Å². The van der Waals surface area contributed by atoms with Crippen LogP contribution in [0.5, 0.6) is 0 Å². The van der Waals surface area contributed by atoms with Crippen molar-refractivity contribution in [2.24, 2.45) is 10.9 Å². The molecule has 3 unspecified atom stereocenters. The van der Waals surface area contributed by atoms with Crippen molar-refractivity contribution in [2.75, 3.05) is 0 Å². The molecule has 2 aliphatic carbocycles. The van der Waals surface area contributed by atoms with Gasteiger partial charge in [0, 0.05) is 18.1 Å². The average Bonchev–Trinajstić information content (AvgIpc) is 2.88. The van der Waals surface area contributed by atoms with Gasteiger partial charge in [0.05, 0.1) is 6.04 Å². The van der Waals surface area contributed by atoms with Crippen molar-refractivity contribution in [1.82, 2.24) is 0 Å². The second-order valence-electron chi connectivity index (χ2n) is 5.64. The molecular formula is C20H17N. The predicted molar refractivity (Wildman–Crippen MR) is 87.7 cm³/mol. The first-order valence-electron chi connectivity index (χ1n) is 7.45. The lowest BCUT2D eigenvalue weighted by atomic mass is 9.87. The first kappa shape index (κ1) is 12.3. The van der Waals surface area contributed by atoms with E-state index >= 15 is 0 Å². The Bertz CT molecular complexity index is 725. The number of hydrogen-bond donors (Lipinski definition) is 0. The lowest BCUT2D eigenvalue weighted by molar-refractivity contribution is 0.529. The standard InChI is InChI=1S/C20H17N/c1-2-8-15(9-3-1)14-21-20-18-12-6-4-10-16(18)17-11-5-7-13-19(17)20/h1-14,16,18,20H/b21-14+. The van der Waals surface area contributed by atoms with Crippen LogP contribution in [-0.4, -0.2) is 6.21 Å². The number of benzene rings is 2. The monoisotopic (exact) mass is 271 g/mol. The Balaban J connectivity index is 1.73. The zero-order valence-electron chi connectivity index (χ0n) is 11.8. The molecule has 102 valence electrons. The molecule has 0 aromatic heterocycles. The van der Waals surface area contributed by atoms with E-state index in [1.165, 1.54) is 11.1 Å². The summed E-state index contributed by atoms with van der Waals surface area (Å²) < 4.78 is 0. The summed E-state index contributed by atoms with van der Waals surface area (Å²) in [6.45, 7) is 0. The fraction of sp³-hybridized carbons (Fsp3) is 0.150. The third-order valence-electron chi connectivity index (χ3n) is 4.40. The minimum absolute atomic E-state index is 0.229. The van der Waals surface area contributed by atoms with E-state index in [9.17, 15) is 0 Å². The molecule has 0 fully saturated rings. The Morgan fingerprint density at radius 1 is 0.762 bits per heavy atom. The van der Waals surface area contributed by atoms with Gasteiger partial charge in [0.25, 0.3) is 0 Å². The van der Waals surface area contributed by atoms with Crippen LogP contribution in [-0.2, 0) is 0 Å². The molecule has 0 heterocycles. The molecule has 2 aromatic carbocycles. The highest BCUT2D eigenvalue weighted by Gasteiger charge is 2.37. The second kappa shape index (κ2) is 5.17. The SMILES string of the molecule is C1=CC2c3ccccc3C(/N=C/c3ccccc3)C2C=C1. The van der Waals surface area contributed by atoms with Crippen LogP contribution in [0.4, 0.5) is 0 Å². The lowest BCUT2D eigenvalue weighted by Gasteiger charge is -2.19.